The molecule has 86 valence electrons. The van der Waals surface area contributed by atoms with Gasteiger partial charge in [-0.25, -0.2) is 4.79 Å². The van der Waals surface area contributed by atoms with Crippen molar-refractivity contribution in [2.45, 2.75) is 26.2 Å². The van der Waals surface area contributed by atoms with Gasteiger partial charge in [-0.2, -0.15) is 0 Å². The summed E-state index contributed by atoms with van der Waals surface area (Å²) in [5.41, 5.74) is 4.81. The fraction of sp³-hybridized carbons (Fsp3) is 0.800. The topological polar surface area (TPSA) is 84.2 Å². The number of amides is 3. The summed E-state index contributed by atoms with van der Waals surface area (Å²) < 4.78 is 0. The number of imide groups is 1. The van der Waals surface area contributed by atoms with E-state index in [0.29, 0.717) is 5.92 Å². The van der Waals surface area contributed by atoms with Gasteiger partial charge < -0.3 is 11.1 Å². The van der Waals surface area contributed by atoms with Crippen LogP contribution in [0.25, 0.3) is 0 Å². The first-order valence-corrected chi connectivity index (χ1v) is 5.39. The molecular formula is C10H19N3O2. The first kappa shape index (κ1) is 12.0. The zero-order chi connectivity index (χ0) is 11.3. The van der Waals surface area contributed by atoms with Crippen LogP contribution in [0.5, 0.6) is 0 Å². The SMILES string of the molecule is CC1CCCC1CNCC(=O)NC(N)=O. The average molecular weight is 213 g/mol. The summed E-state index contributed by atoms with van der Waals surface area (Å²) in [5.74, 6) is 1.02. The van der Waals surface area contributed by atoms with E-state index in [0.717, 1.165) is 12.5 Å². The molecule has 1 fully saturated rings. The van der Waals surface area contributed by atoms with Gasteiger partial charge in [0.1, 0.15) is 0 Å². The highest BCUT2D eigenvalue weighted by atomic mass is 16.2. The Morgan fingerprint density at radius 3 is 2.67 bits per heavy atom. The summed E-state index contributed by atoms with van der Waals surface area (Å²) in [7, 11) is 0. The molecule has 0 aromatic heterocycles. The smallest absolute Gasteiger partial charge is 0.318 e. The van der Waals surface area contributed by atoms with E-state index < -0.39 is 6.03 Å². The quantitative estimate of drug-likeness (QED) is 0.624. The average Bonchev–Trinajstić information content (AvgIpc) is 2.50. The Labute approximate surface area is 89.8 Å². The molecule has 0 aromatic rings. The molecule has 2 unspecified atom stereocenters. The van der Waals surface area contributed by atoms with E-state index in [1.54, 1.807) is 0 Å². The maximum Gasteiger partial charge on any atom is 0.318 e. The zero-order valence-electron chi connectivity index (χ0n) is 9.08. The Morgan fingerprint density at radius 1 is 1.40 bits per heavy atom. The van der Waals surface area contributed by atoms with Crippen LogP contribution in [0.1, 0.15) is 26.2 Å². The highest BCUT2D eigenvalue weighted by Crippen LogP contribution is 2.30. The first-order chi connectivity index (χ1) is 7.09. The third-order valence-electron chi connectivity index (χ3n) is 2.99. The van der Waals surface area contributed by atoms with Crippen LogP contribution in [-0.2, 0) is 4.79 Å². The monoisotopic (exact) mass is 213 g/mol. The molecule has 0 aliphatic heterocycles. The first-order valence-electron chi connectivity index (χ1n) is 5.39. The highest BCUT2D eigenvalue weighted by Gasteiger charge is 2.22. The molecule has 0 saturated heterocycles. The Morgan fingerprint density at radius 2 is 2.13 bits per heavy atom. The second-order valence-corrected chi connectivity index (χ2v) is 4.21. The molecule has 0 radical (unpaired) electrons. The Hall–Kier alpha value is -1.10. The van der Waals surface area contributed by atoms with E-state index >= 15 is 0 Å². The number of nitrogens with two attached hydrogens (primary N) is 1. The van der Waals surface area contributed by atoms with E-state index in [4.69, 9.17) is 5.73 Å². The minimum Gasteiger partial charge on any atom is -0.351 e. The highest BCUT2D eigenvalue weighted by molar-refractivity contribution is 5.94. The number of nitrogens with one attached hydrogen (secondary N) is 2. The molecule has 15 heavy (non-hydrogen) atoms. The van der Waals surface area contributed by atoms with E-state index in [9.17, 15) is 9.59 Å². The van der Waals surface area contributed by atoms with E-state index in [1.165, 1.54) is 19.3 Å². The molecule has 0 aromatic carbocycles. The molecule has 5 heteroatoms. The van der Waals surface area contributed by atoms with Gasteiger partial charge in [-0.3, -0.25) is 10.1 Å². The number of carbonyl (C=O) groups excluding carboxylic acids is 2. The molecule has 1 rings (SSSR count). The Balaban J connectivity index is 2.10. The Kier molecular flexibility index (Phi) is 4.55. The van der Waals surface area contributed by atoms with Crippen LogP contribution < -0.4 is 16.4 Å². The van der Waals surface area contributed by atoms with Crippen molar-refractivity contribution in [3.8, 4) is 0 Å². The lowest BCUT2D eigenvalue weighted by molar-refractivity contribution is -0.119. The van der Waals surface area contributed by atoms with Gasteiger partial charge in [0.25, 0.3) is 0 Å². The van der Waals surface area contributed by atoms with Crippen molar-refractivity contribution < 1.29 is 9.59 Å². The van der Waals surface area contributed by atoms with Gasteiger partial charge in [0, 0.05) is 0 Å². The summed E-state index contributed by atoms with van der Waals surface area (Å²) >= 11 is 0. The molecular weight excluding hydrogens is 194 g/mol. The van der Waals surface area contributed by atoms with Gasteiger partial charge in [-0.15, -0.1) is 0 Å². The van der Waals surface area contributed by atoms with E-state index in [2.05, 4.69) is 12.2 Å². The van der Waals surface area contributed by atoms with Gasteiger partial charge in [0.05, 0.1) is 6.54 Å². The fourth-order valence-corrected chi connectivity index (χ4v) is 2.08. The van der Waals surface area contributed by atoms with Crippen molar-refractivity contribution in [1.82, 2.24) is 10.6 Å². The van der Waals surface area contributed by atoms with Crippen LogP contribution in [-0.4, -0.2) is 25.0 Å². The van der Waals surface area contributed by atoms with Crippen molar-refractivity contribution in [1.29, 1.82) is 0 Å². The van der Waals surface area contributed by atoms with Gasteiger partial charge in [0.2, 0.25) is 5.91 Å². The van der Waals surface area contributed by atoms with Crippen LogP contribution in [0.3, 0.4) is 0 Å². The van der Waals surface area contributed by atoms with Gasteiger partial charge in [0.15, 0.2) is 0 Å². The lowest BCUT2D eigenvalue weighted by Crippen LogP contribution is -2.41. The summed E-state index contributed by atoms with van der Waals surface area (Å²) in [6.45, 7) is 3.24. The minimum atomic E-state index is -0.795. The van der Waals surface area contributed by atoms with Crippen LogP contribution >= 0.6 is 0 Å². The fourth-order valence-electron chi connectivity index (χ4n) is 2.08. The number of primary amides is 1. The van der Waals surface area contributed by atoms with Gasteiger partial charge >= 0.3 is 6.03 Å². The summed E-state index contributed by atoms with van der Waals surface area (Å²) in [6, 6.07) is -0.795. The van der Waals surface area contributed by atoms with E-state index in [1.807, 2.05) is 5.32 Å². The Bertz CT molecular complexity index is 243. The molecule has 1 saturated carbocycles. The van der Waals surface area contributed by atoms with Crippen molar-refractivity contribution >= 4 is 11.9 Å². The number of rotatable bonds is 4. The standard InChI is InChI=1S/C10H19N3O2/c1-7-3-2-4-8(7)5-12-6-9(14)13-10(11)15/h7-8,12H,2-6H2,1H3,(H3,11,13,14,15). The van der Waals surface area contributed by atoms with Crippen molar-refractivity contribution in [2.75, 3.05) is 13.1 Å². The maximum absolute atomic E-state index is 11.0. The van der Waals surface area contributed by atoms with Crippen molar-refractivity contribution in [3.63, 3.8) is 0 Å². The van der Waals surface area contributed by atoms with E-state index in [-0.39, 0.29) is 12.5 Å². The number of hydrogen-bond acceptors (Lipinski definition) is 3. The van der Waals surface area contributed by atoms with Gasteiger partial charge in [-0.1, -0.05) is 19.8 Å². The molecule has 4 N–H and O–H groups in total. The second-order valence-electron chi connectivity index (χ2n) is 4.21. The predicted molar refractivity (Wildman–Crippen MR) is 57.1 cm³/mol. The third kappa shape index (κ3) is 4.29. The van der Waals surface area contributed by atoms with Gasteiger partial charge in [-0.05, 0) is 24.8 Å². The zero-order valence-corrected chi connectivity index (χ0v) is 9.08. The molecule has 2 atom stereocenters. The van der Waals surface area contributed by atoms with Crippen LogP contribution in [0.15, 0.2) is 0 Å². The normalized spacial score (nSPS) is 25.1. The molecule has 0 spiro atoms. The molecule has 1 aliphatic rings. The summed E-state index contributed by atoms with van der Waals surface area (Å²) in [4.78, 5) is 21.4. The summed E-state index contributed by atoms with van der Waals surface area (Å²) in [5, 5.41) is 5.06. The predicted octanol–water partition coefficient (Wildman–Crippen LogP) is 0.207. The lowest BCUT2D eigenvalue weighted by Gasteiger charge is -2.15. The van der Waals surface area contributed by atoms with Crippen LogP contribution in [0.2, 0.25) is 0 Å². The summed E-state index contributed by atoms with van der Waals surface area (Å²) in [6.07, 6.45) is 3.78. The molecule has 1 aliphatic carbocycles. The second kappa shape index (κ2) is 5.70. The lowest BCUT2D eigenvalue weighted by atomic mass is 9.98. The molecule has 0 bridgehead atoms. The van der Waals surface area contributed by atoms with Crippen LogP contribution in [0.4, 0.5) is 4.79 Å². The molecule has 3 amide bonds. The molecule has 0 heterocycles. The minimum absolute atomic E-state index is 0.159. The number of hydrogen-bond donors (Lipinski definition) is 3. The van der Waals surface area contributed by atoms with Crippen molar-refractivity contribution in [2.24, 2.45) is 17.6 Å². The number of urea groups is 1. The third-order valence-corrected chi connectivity index (χ3v) is 2.99. The molecule has 5 nitrogen and oxygen atoms in total. The van der Waals surface area contributed by atoms with Crippen molar-refractivity contribution in [3.05, 3.63) is 0 Å². The number of carbonyl (C=O) groups is 2. The largest absolute Gasteiger partial charge is 0.351 e. The van der Waals surface area contributed by atoms with Crippen LogP contribution in [0, 0.1) is 11.8 Å². The maximum atomic E-state index is 11.0.